The second-order valence-electron chi connectivity index (χ2n) is 7.26. The predicted molar refractivity (Wildman–Crippen MR) is 113 cm³/mol. The van der Waals surface area contributed by atoms with E-state index in [1.807, 2.05) is 6.07 Å². The third-order valence-electron chi connectivity index (χ3n) is 5.15. The van der Waals surface area contributed by atoms with E-state index in [2.05, 4.69) is 16.6 Å². The molecule has 8 heteroatoms. The van der Waals surface area contributed by atoms with Crippen LogP contribution >= 0.6 is 11.6 Å². The first-order valence-electron chi connectivity index (χ1n) is 10.1. The molecule has 0 aliphatic heterocycles. The van der Waals surface area contributed by atoms with Crippen molar-refractivity contribution in [2.45, 2.75) is 45.2 Å². The highest BCUT2D eigenvalue weighted by atomic mass is 35.5. The number of esters is 1. The Kier molecular flexibility index (Phi) is 7.26. The van der Waals surface area contributed by atoms with E-state index in [4.69, 9.17) is 16.3 Å². The van der Waals surface area contributed by atoms with Crippen molar-refractivity contribution in [1.82, 2.24) is 4.98 Å². The Morgan fingerprint density at radius 1 is 1.19 bits per heavy atom. The van der Waals surface area contributed by atoms with E-state index in [0.717, 1.165) is 49.3 Å². The van der Waals surface area contributed by atoms with Crippen molar-refractivity contribution in [1.29, 1.82) is 0 Å². The number of hydrogen-bond acceptors (Lipinski definition) is 4. The molecule has 166 valence electrons. The molecule has 1 aliphatic rings. The first-order chi connectivity index (χ1) is 14.8. The van der Waals surface area contributed by atoms with Crippen LogP contribution in [0.2, 0.25) is 5.02 Å². The third-order valence-corrected chi connectivity index (χ3v) is 5.39. The normalized spacial score (nSPS) is 14.1. The van der Waals surface area contributed by atoms with Gasteiger partial charge in [-0.3, -0.25) is 4.98 Å². The summed E-state index contributed by atoms with van der Waals surface area (Å²) in [6.45, 7) is 2.63. The molecule has 0 amide bonds. The van der Waals surface area contributed by atoms with Gasteiger partial charge >= 0.3 is 12.1 Å². The molecule has 4 nitrogen and oxygen atoms in total. The van der Waals surface area contributed by atoms with Crippen molar-refractivity contribution in [3.8, 4) is 5.75 Å². The molecule has 0 atom stereocenters. The smallest absolute Gasteiger partial charge is 0.434 e. The highest BCUT2D eigenvalue weighted by molar-refractivity contribution is 6.30. The Balaban J connectivity index is 2.11. The van der Waals surface area contributed by atoms with Gasteiger partial charge in [-0.15, -0.1) is 0 Å². The lowest BCUT2D eigenvalue weighted by molar-refractivity contribution is -0.141. The zero-order valence-electron chi connectivity index (χ0n) is 17.3. The quantitative estimate of drug-likeness (QED) is 0.341. The van der Waals surface area contributed by atoms with Gasteiger partial charge in [0.25, 0.3) is 0 Å². The van der Waals surface area contributed by atoms with Gasteiger partial charge in [-0.2, -0.15) is 13.2 Å². The van der Waals surface area contributed by atoms with Gasteiger partial charge in [-0.1, -0.05) is 24.9 Å². The number of allylic oxidation sites excluding steroid dienone is 2. The fraction of sp³-hybridized carbons (Fsp3) is 0.391. The zero-order chi connectivity index (χ0) is 22.6. The maximum absolute atomic E-state index is 13.3. The lowest BCUT2D eigenvalue weighted by Gasteiger charge is -2.16. The molecule has 1 heterocycles. The maximum atomic E-state index is 13.3. The molecule has 2 aromatic rings. The van der Waals surface area contributed by atoms with Crippen LogP contribution < -0.4 is 4.74 Å². The van der Waals surface area contributed by atoms with Crippen LogP contribution in [0.15, 0.2) is 30.5 Å². The van der Waals surface area contributed by atoms with Crippen LogP contribution in [0.25, 0.3) is 11.1 Å². The summed E-state index contributed by atoms with van der Waals surface area (Å²) >= 11 is 6.23. The van der Waals surface area contributed by atoms with Crippen molar-refractivity contribution >= 4 is 28.7 Å². The Hall–Kier alpha value is -2.54. The minimum absolute atomic E-state index is 0.459. The van der Waals surface area contributed by atoms with E-state index in [-0.39, 0.29) is 0 Å². The van der Waals surface area contributed by atoms with Gasteiger partial charge in [0.05, 0.1) is 19.3 Å². The lowest BCUT2D eigenvalue weighted by atomic mass is 9.96. The molecule has 0 saturated heterocycles. The number of aromatic nitrogens is 1. The van der Waals surface area contributed by atoms with E-state index in [1.165, 1.54) is 6.07 Å². The number of carbonyl (C=O) groups is 1. The van der Waals surface area contributed by atoms with Crippen molar-refractivity contribution in [2.24, 2.45) is 0 Å². The average molecular weight is 454 g/mol. The monoisotopic (exact) mass is 453 g/mol. The molecule has 0 saturated carbocycles. The summed E-state index contributed by atoms with van der Waals surface area (Å²) in [5.74, 6) is -0.395. The summed E-state index contributed by atoms with van der Waals surface area (Å²) in [6, 6.07) is 6.57. The minimum Gasteiger partial charge on any atom is -0.493 e. The number of benzene rings is 1. The number of unbranched alkanes of at least 4 members (excludes halogenated alkanes) is 1. The molecule has 0 spiro atoms. The number of halogens is 4. The van der Waals surface area contributed by atoms with Crippen molar-refractivity contribution < 1.29 is 27.4 Å². The van der Waals surface area contributed by atoms with Gasteiger partial charge < -0.3 is 9.47 Å². The molecule has 3 rings (SSSR count). The Bertz CT molecular complexity index is 1000. The van der Waals surface area contributed by atoms with Crippen LogP contribution in [-0.4, -0.2) is 24.7 Å². The summed E-state index contributed by atoms with van der Waals surface area (Å²) < 4.78 is 50.5. The molecular weight excluding hydrogens is 431 g/mol. The van der Waals surface area contributed by atoms with E-state index < -0.39 is 23.4 Å². The number of hydrogen-bond donors (Lipinski definition) is 0. The van der Waals surface area contributed by atoms with E-state index in [0.29, 0.717) is 35.8 Å². The number of nitrogens with zero attached hydrogens (tertiary/aromatic N) is 1. The van der Waals surface area contributed by atoms with E-state index in [1.54, 1.807) is 12.1 Å². The zero-order valence-corrected chi connectivity index (χ0v) is 18.1. The van der Waals surface area contributed by atoms with Gasteiger partial charge in [0.15, 0.2) is 5.69 Å². The lowest BCUT2D eigenvalue weighted by Crippen LogP contribution is -2.17. The minimum atomic E-state index is -4.76. The van der Waals surface area contributed by atoms with Gasteiger partial charge in [0, 0.05) is 16.8 Å². The Labute approximate surface area is 184 Å². The molecule has 1 aromatic carbocycles. The van der Waals surface area contributed by atoms with E-state index in [9.17, 15) is 18.0 Å². The fourth-order valence-corrected chi connectivity index (χ4v) is 3.84. The Morgan fingerprint density at radius 2 is 1.94 bits per heavy atom. The number of ether oxygens (including phenoxy) is 2. The molecule has 0 radical (unpaired) electrons. The van der Waals surface area contributed by atoms with Gasteiger partial charge in [-0.25, -0.2) is 4.79 Å². The SMILES string of the molecule is CCCCOc1ccc(Cl)cc1C1=C(c2cnc(C(F)(F)F)c(C(=O)OC)c2)CCC1. The molecule has 1 aromatic heterocycles. The maximum Gasteiger partial charge on any atom is 0.434 e. The summed E-state index contributed by atoms with van der Waals surface area (Å²) in [7, 11) is 1.04. The first-order valence-corrected chi connectivity index (χ1v) is 10.4. The molecule has 1 aliphatic carbocycles. The summed E-state index contributed by atoms with van der Waals surface area (Å²) in [5, 5.41) is 0.539. The van der Waals surface area contributed by atoms with Crippen LogP contribution in [0, 0.1) is 0 Å². The van der Waals surface area contributed by atoms with Crippen LogP contribution in [0.4, 0.5) is 13.2 Å². The van der Waals surface area contributed by atoms with Gasteiger partial charge in [0.2, 0.25) is 0 Å². The Morgan fingerprint density at radius 3 is 2.61 bits per heavy atom. The molecular formula is C23H23ClF3NO3. The molecule has 0 bridgehead atoms. The summed E-state index contributed by atoms with van der Waals surface area (Å²) in [5.41, 5.74) is 1.18. The fourth-order valence-electron chi connectivity index (χ4n) is 3.67. The number of rotatable bonds is 7. The standard InChI is InChI=1S/C23H23ClF3NO3/c1-3-4-10-31-20-9-8-15(24)12-18(20)17-7-5-6-16(17)14-11-19(22(29)30-2)21(28-13-14)23(25,26)27/h8-9,11-13H,3-7,10H2,1-2H3. The van der Waals surface area contributed by atoms with E-state index >= 15 is 0 Å². The second-order valence-corrected chi connectivity index (χ2v) is 7.70. The van der Waals surface area contributed by atoms with Crippen molar-refractivity contribution in [3.05, 3.63) is 57.9 Å². The topological polar surface area (TPSA) is 48.4 Å². The average Bonchev–Trinajstić information content (AvgIpc) is 3.23. The molecule has 0 unspecified atom stereocenters. The highest BCUT2D eigenvalue weighted by Crippen LogP contribution is 2.44. The van der Waals surface area contributed by atoms with Crippen LogP contribution in [0.1, 0.15) is 66.2 Å². The number of pyridine rings is 1. The van der Waals surface area contributed by atoms with Crippen molar-refractivity contribution in [2.75, 3.05) is 13.7 Å². The third kappa shape index (κ3) is 5.21. The summed E-state index contributed by atoms with van der Waals surface area (Å²) in [4.78, 5) is 15.6. The van der Waals surface area contributed by atoms with Gasteiger partial charge in [-0.05, 0) is 66.7 Å². The van der Waals surface area contributed by atoms with Crippen LogP contribution in [0.3, 0.4) is 0 Å². The summed E-state index contributed by atoms with van der Waals surface area (Å²) in [6.07, 6.45) is 0.475. The van der Waals surface area contributed by atoms with Crippen LogP contribution in [-0.2, 0) is 10.9 Å². The van der Waals surface area contributed by atoms with Crippen molar-refractivity contribution in [3.63, 3.8) is 0 Å². The molecule has 0 N–H and O–H groups in total. The molecule has 0 fully saturated rings. The number of methoxy groups -OCH3 is 1. The number of carbonyl (C=O) groups excluding carboxylic acids is 1. The largest absolute Gasteiger partial charge is 0.493 e. The first kappa shape index (κ1) is 23.1. The van der Waals surface area contributed by atoms with Crippen LogP contribution in [0.5, 0.6) is 5.75 Å². The highest BCUT2D eigenvalue weighted by Gasteiger charge is 2.38. The second kappa shape index (κ2) is 9.73. The van der Waals surface area contributed by atoms with Gasteiger partial charge in [0.1, 0.15) is 5.75 Å². The number of alkyl halides is 3. The molecule has 31 heavy (non-hydrogen) atoms. The predicted octanol–water partition coefficient (Wildman–Crippen LogP) is 6.81.